The van der Waals surface area contributed by atoms with E-state index < -0.39 is 5.97 Å². The first-order valence-electron chi connectivity index (χ1n) is 6.28. The zero-order valence-electron chi connectivity index (χ0n) is 10.6. The molecule has 1 saturated heterocycles. The number of ether oxygens (including phenoxy) is 1. The Morgan fingerprint density at radius 1 is 1.50 bits per heavy atom. The molecule has 1 aromatic rings. The second-order valence-corrected chi connectivity index (χ2v) is 4.31. The molecule has 1 N–H and O–H groups in total. The van der Waals surface area contributed by atoms with Gasteiger partial charge in [-0.25, -0.2) is 4.79 Å². The van der Waals surface area contributed by atoms with Crippen LogP contribution in [0.15, 0.2) is 12.3 Å². The molecule has 0 radical (unpaired) electrons. The van der Waals surface area contributed by atoms with Gasteiger partial charge >= 0.3 is 5.97 Å². The zero-order valence-corrected chi connectivity index (χ0v) is 10.6. The highest BCUT2D eigenvalue weighted by atomic mass is 16.5. The molecule has 1 aromatic heterocycles. The standard InChI is InChI=1S/C13H18N2O3/c1-2-3-10-12(13(16)17)11(4-5-14-10)15-6-8-18-9-7-15/h4-5H,2-3,6-9H2,1H3,(H,16,17). The molecule has 0 bridgehead atoms. The van der Waals surface area contributed by atoms with Gasteiger partial charge < -0.3 is 14.7 Å². The van der Waals surface area contributed by atoms with Gasteiger partial charge in [0.2, 0.25) is 0 Å². The van der Waals surface area contributed by atoms with Gasteiger partial charge in [0.05, 0.1) is 24.6 Å². The third-order valence-electron chi connectivity index (χ3n) is 3.06. The highest BCUT2D eigenvalue weighted by molar-refractivity contribution is 5.95. The lowest BCUT2D eigenvalue weighted by atomic mass is 10.1. The second kappa shape index (κ2) is 5.82. The molecular weight excluding hydrogens is 232 g/mol. The fourth-order valence-corrected chi connectivity index (χ4v) is 2.22. The maximum atomic E-state index is 11.5. The van der Waals surface area contributed by atoms with Crippen LogP contribution in [0.4, 0.5) is 5.69 Å². The molecule has 1 aliphatic rings. The van der Waals surface area contributed by atoms with E-state index in [4.69, 9.17) is 4.74 Å². The number of anilines is 1. The first kappa shape index (κ1) is 12.8. The Labute approximate surface area is 106 Å². The summed E-state index contributed by atoms with van der Waals surface area (Å²) >= 11 is 0. The highest BCUT2D eigenvalue weighted by Crippen LogP contribution is 2.24. The van der Waals surface area contributed by atoms with Crippen LogP contribution < -0.4 is 4.90 Å². The number of aryl methyl sites for hydroxylation is 1. The number of aromatic nitrogens is 1. The summed E-state index contributed by atoms with van der Waals surface area (Å²) < 4.78 is 5.29. The topological polar surface area (TPSA) is 62.7 Å². The van der Waals surface area contributed by atoms with Crippen molar-refractivity contribution in [1.82, 2.24) is 4.98 Å². The van der Waals surface area contributed by atoms with Crippen LogP contribution in [0.5, 0.6) is 0 Å². The average Bonchev–Trinajstić information content (AvgIpc) is 2.39. The van der Waals surface area contributed by atoms with Crippen LogP contribution in [-0.4, -0.2) is 42.4 Å². The molecule has 0 aromatic carbocycles. The first-order chi connectivity index (χ1) is 8.74. The van der Waals surface area contributed by atoms with E-state index in [1.807, 2.05) is 6.92 Å². The first-order valence-corrected chi connectivity index (χ1v) is 6.28. The predicted octanol–water partition coefficient (Wildman–Crippen LogP) is 1.57. The number of hydrogen-bond donors (Lipinski definition) is 1. The number of hydrogen-bond acceptors (Lipinski definition) is 4. The van der Waals surface area contributed by atoms with E-state index in [0.29, 0.717) is 30.9 Å². The van der Waals surface area contributed by atoms with Gasteiger partial charge in [-0.3, -0.25) is 4.98 Å². The minimum atomic E-state index is -0.895. The summed E-state index contributed by atoms with van der Waals surface area (Å²) in [5, 5.41) is 9.41. The van der Waals surface area contributed by atoms with Crippen molar-refractivity contribution in [2.75, 3.05) is 31.2 Å². The van der Waals surface area contributed by atoms with Gasteiger partial charge in [-0.05, 0) is 12.5 Å². The summed E-state index contributed by atoms with van der Waals surface area (Å²) in [6.45, 7) is 4.77. The van der Waals surface area contributed by atoms with Crippen LogP contribution in [0, 0.1) is 0 Å². The van der Waals surface area contributed by atoms with Gasteiger partial charge in [0, 0.05) is 19.3 Å². The third-order valence-corrected chi connectivity index (χ3v) is 3.06. The molecule has 18 heavy (non-hydrogen) atoms. The molecule has 2 rings (SSSR count). The van der Waals surface area contributed by atoms with Crippen molar-refractivity contribution < 1.29 is 14.6 Å². The molecule has 5 heteroatoms. The van der Waals surface area contributed by atoms with Crippen molar-refractivity contribution in [3.63, 3.8) is 0 Å². The number of nitrogens with zero attached hydrogens (tertiary/aromatic N) is 2. The monoisotopic (exact) mass is 250 g/mol. The van der Waals surface area contributed by atoms with Crippen molar-refractivity contribution in [2.45, 2.75) is 19.8 Å². The zero-order chi connectivity index (χ0) is 13.0. The second-order valence-electron chi connectivity index (χ2n) is 4.31. The van der Waals surface area contributed by atoms with Crippen molar-refractivity contribution in [3.8, 4) is 0 Å². The van der Waals surface area contributed by atoms with Gasteiger partial charge in [-0.15, -0.1) is 0 Å². The van der Waals surface area contributed by atoms with Gasteiger partial charge in [0.25, 0.3) is 0 Å². The minimum absolute atomic E-state index is 0.348. The van der Waals surface area contributed by atoms with E-state index in [1.165, 1.54) is 0 Å². The fourth-order valence-electron chi connectivity index (χ4n) is 2.22. The van der Waals surface area contributed by atoms with Crippen molar-refractivity contribution >= 4 is 11.7 Å². The van der Waals surface area contributed by atoms with Gasteiger partial charge in [-0.2, -0.15) is 0 Å². The normalized spacial score (nSPS) is 15.7. The minimum Gasteiger partial charge on any atom is -0.478 e. The van der Waals surface area contributed by atoms with Crippen molar-refractivity contribution in [3.05, 3.63) is 23.5 Å². The molecule has 0 amide bonds. The Hall–Kier alpha value is -1.62. The van der Waals surface area contributed by atoms with E-state index in [1.54, 1.807) is 12.3 Å². The van der Waals surface area contributed by atoms with Crippen LogP contribution >= 0.6 is 0 Å². The molecule has 0 saturated carbocycles. The summed E-state index contributed by atoms with van der Waals surface area (Å²) in [5.41, 5.74) is 1.79. The fraction of sp³-hybridized carbons (Fsp3) is 0.538. The Balaban J connectivity index is 2.38. The van der Waals surface area contributed by atoms with E-state index in [9.17, 15) is 9.90 Å². The molecule has 0 unspecified atom stereocenters. The number of pyridine rings is 1. The molecule has 0 spiro atoms. The average molecular weight is 250 g/mol. The number of aromatic carboxylic acids is 1. The van der Waals surface area contributed by atoms with Crippen LogP contribution in [0.25, 0.3) is 0 Å². The van der Waals surface area contributed by atoms with Crippen LogP contribution in [0.3, 0.4) is 0 Å². The summed E-state index contributed by atoms with van der Waals surface area (Å²) in [6, 6.07) is 1.79. The number of carbonyl (C=O) groups is 1. The maximum absolute atomic E-state index is 11.5. The number of morpholine rings is 1. The van der Waals surface area contributed by atoms with Gasteiger partial charge in [0.15, 0.2) is 0 Å². The van der Waals surface area contributed by atoms with E-state index in [0.717, 1.165) is 25.2 Å². The lowest BCUT2D eigenvalue weighted by molar-refractivity contribution is 0.0694. The van der Waals surface area contributed by atoms with E-state index in [2.05, 4.69) is 9.88 Å². The summed E-state index contributed by atoms with van der Waals surface area (Å²) in [5.74, 6) is -0.895. The molecule has 1 aliphatic heterocycles. The van der Waals surface area contributed by atoms with Crippen molar-refractivity contribution in [1.29, 1.82) is 0 Å². The van der Waals surface area contributed by atoms with E-state index >= 15 is 0 Å². The van der Waals surface area contributed by atoms with Crippen LogP contribution in [-0.2, 0) is 11.2 Å². The Bertz CT molecular complexity index is 428. The van der Waals surface area contributed by atoms with Crippen molar-refractivity contribution in [2.24, 2.45) is 0 Å². The molecule has 5 nitrogen and oxygen atoms in total. The number of rotatable bonds is 4. The Morgan fingerprint density at radius 3 is 2.83 bits per heavy atom. The number of carboxylic acid groups (broad SMARTS) is 1. The van der Waals surface area contributed by atoms with Crippen LogP contribution in [0.2, 0.25) is 0 Å². The number of carboxylic acids is 1. The highest BCUT2D eigenvalue weighted by Gasteiger charge is 2.21. The quantitative estimate of drug-likeness (QED) is 0.878. The summed E-state index contributed by atoms with van der Waals surface area (Å²) in [4.78, 5) is 17.7. The summed E-state index contributed by atoms with van der Waals surface area (Å²) in [6.07, 6.45) is 3.28. The molecular formula is C13H18N2O3. The Morgan fingerprint density at radius 2 is 2.22 bits per heavy atom. The lowest BCUT2D eigenvalue weighted by Crippen LogP contribution is -2.37. The SMILES string of the molecule is CCCc1nccc(N2CCOCC2)c1C(=O)O. The predicted molar refractivity (Wildman–Crippen MR) is 68.2 cm³/mol. The smallest absolute Gasteiger partial charge is 0.339 e. The molecule has 0 atom stereocenters. The van der Waals surface area contributed by atoms with E-state index in [-0.39, 0.29) is 0 Å². The lowest BCUT2D eigenvalue weighted by Gasteiger charge is -2.30. The molecule has 0 aliphatic carbocycles. The van der Waals surface area contributed by atoms with Gasteiger partial charge in [0.1, 0.15) is 5.56 Å². The molecule has 98 valence electrons. The largest absolute Gasteiger partial charge is 0.478 e. The van der Waals surface area contributed by atoms with Crippen LogP contribution in [0.1, 0.15) is 29.4 Å². The Kier molecular flexibility index (Phi) is 4.15. The molecule has 2 heterocycles. The third kappa shape index (κ3) is 2.61. The maximum Gasteiger partial charge on any atom is 0.339 e. The summed E-state index contributed by atoms with van der Waals surface area (Å²) in [7, 11) is 0. The van der Waals surface area contributed by atoms with Gasteiger partial charge in [-0.1, -0.05) is 13.3 Å². The molecule has 1 fully saturated rings.